The number of rotatable bonds is 5. The number of aromatic nitrogens is 3. The molecular formula is C11H10F5N5O. The summed E-state index contributed by atoms with van der Waals surface area (Å²) in [5, 5.41) is 14.5. The highest BCUT2D eigenvalue weighted by atomic mass is 19.4. The predicted octanol–water partition coefficient (Wildman–Crippen LogP) is 2.41. The van der Waals surface area contributed by atoms with Crippen molar-refractivity contribution >= 4 is 5.84 Å². The van der Waals surface area contributed by atoms with Gasteiger partial charge in [0.15, 0.2) is 0 Å². The summed E-state index contributed by atoms with van der Waals surface area (Å²) >= 11 is 0. The summed E-state index contributed by atoms with van der Waals surface area (Å²) < 4.78 is 68.0. The van der Waals surface area contributed by atoms with Crippen molar-refractivity contribution in [3.8, 4) is 11.4 Å². The predicted molar refractivity (Wildman–Crippen MR) is 64.4 cm³/mol. The van der Waals surface area contributed by atoms with Crippen LogP contribution in [0.1, 0.15) is 12.1 Å². The number of aryl methyl sites for hydroxylation is 1. The maximum atomic E-state index is 13.0. The molecule has 0 aromatic carbocycles. The largest absolute Gasteiger partial charge is 0.453 e. The van der Waals surface area contributed by atoms with Crippen molar-refractivity contribution < 1.29 is 26.5 Å². The zero-order valence-corrected chi connectivity index (χ0v) is 10.9. The molecule has 0 amide bonds. The van der Waals surface area contributed by atoms with E-state index in [-0.39, 0.29) is 17.1 Å². The molecule has 2 rings (SSSR count). The van der Waals surface area contributed by atoms with Gasteiger partial charge in [0.05, 0.1) is 5.69 Å². The average Bonchev–Trinajstić information content (AvgIpc) is 3.04. The van der Waals surface area contributed by atoms with E-state index < -0.39 is 30.9 Å². The number of nitrogen functional groups attached to an aromatic ring is 1. The highest BCUT2D eigenvalue weighted by molar-refractivity contribution is 5.93. The summed E-state index contributed by atoms with van der Waals surface area (Å²) in [6.45, 7) is -0.734. The van der Waals surface area contributed by atoms with E-state index in [2.05, 4.69) is 14.8 Å². The van der Waals surface area contributed by atoms with Gasteiger partial charge in [-0.15, -0.1) is 0 Å². The molecule has 3 N–H and O–H groups in total. The molecule has 2 heterocycles. The van der Waals surface area contributed by atoms with Gasteiger partial charge in [-0.25, -0.2) is 0 Å². The van der Waals surface area contributed by atoms with Crippen molar-refractivity contribution in [2.75, 3.05) is 0 Å². The molecule has 2 aromatic rings. The minimum Gasteiger partial charge on any atom is -0.382 e. The third-order valence-electron chi connectivity index (χ3n) is 2.81. The van der Waals surface area contributed by atoms with Gasteiger partial charge in [-0.3, -0.25) is 10.1 Å². The molecule has 2 aromatic heterocycles. The van der Waals surface area contributed by atoms with E-state index in [1.54, 1.807) is 0 Å². The van der Waals surface area contributed by atoms with Gasteiger partial charge >= 0.3 is 12.1 Å². The van der Waals surface area contributed by atoms with Gasteiger partial charge in [-0.1, -0.05) is 5.16 Å². The smallest absolute Gasteiger partial charge is 0.382 e. The standard InChI is InChI=1S/C11H10F5N5O/c12-10(13,11(14,15)16)2-3-21-8(6-1-4-22-20-6)5-7(19-21)9(17)18/h1,4-5H,2-3H2,(H3,17,18). The Kier molecular flexibility index (Phi) is 3.90. The number of nitrogens with one attached hydrogen (secondary N) is 1. The van der Waals surface area contributed by atoms with Gasteiger partial charge in [0.1, 0.15) is 23.5 Å². The van der Waals surface area contributed by atoms with Crippen LogP contribution in [0.5, 0.6) is 0 Å². The lowest BCUT2D eigenvalue weighted by Gasteiger charge is -2.19. The fourth-order valence-electron chi connectivity index (χ4n) is 1.66. The Morgan fingerprint density at radius 1 is 1.32 bits per heavy atom. The minimum atomic E-state index is -5.64. The second-order valence-corrected chi connectivity index (χ2v) is 4.39. The van der Waals surface area contributed by atoms with E-state index >= 15 is 0 Å². The number of hydrogen-bond donors (Lipinski definition) is 2. The van der Waals surface area contributed by atoms with Crippen LogP contribution in [0, 0.1) is 5.41 Å². The SMILES string of the molecule is N=C(N)c1cc(-c2ccon2)n(CCC(F)(F)C(F)(F)F)n1. The van der Waals surface area contributed by atoms with Gasteiger partial charge in [0, 0.05) is 19.0 Å². The first-order chi connectivity index (χ1) is 10.1. The number of nitrogens with zero attached hydrogens (tertiary/aromatic N) is 3. The van der Waals surface area contributed by atoms with Gasteiger partial charge in [0.2, 0.25) is 0 Å². The molecule has 0 aliphatic heterocycles. The summed E-state index contributed by atoms with van der Waals surface area (Å²) in [6.07, 6.45) is -5.94. The van der Waals surface area contributed by atoms with E-state index in [0.29, 0.717) is 0 Å². The van der Waals surface area contributed by atoms with Crippen LogP contribution in [-0.4, -0.2) is 32.9 Å². The molecule has 0 fully saturated rings. The van der Waals surface area contributed by atoms with Crippen molar-refractivity contribution in [1.29, 1.82) is 5.41 Å². The second kappa shape index (κ2) is 5.39. The normalized spacial score (nSPS) is 12.6. The minimum absolute atomic E-state index is 0.0617. The molecule has 0 radical (unpaired) electrons. The fraction of sp³-hybridized carbons (Fsp3) is 0.364. The van der Waals surface area contributed by atoms with E-state index in [9.17, 15) is 22.0 Å². The van der Waals surface area contributed by atoms with Gasteiger partial charge in [-0.05, 0) is 6.07 Å². The summed E-state index contributed by atoms with van der Waals surface area (Å²) in [7, 11) is 0. The van der Waals surface area contributed by atoms with Crippen molar-refractivity contribution in [2.24, 2.45) is 5.73 Å². The van der Waals surface area contributed by atoms with Crippen molar-refractivity contribution in [2.45, 2.75) is 25.1 Å². The lowest BCUT2D eigenvalue weighted by atomic mass is 10.2. The molecule has 0 atom stereocenters. The first-order valence-corrected chi connectivity index (χ1v) is 5.89. The third kappa shape index (κ3) is 3.07. The number of hydrogen-bond acceptors (Lipinski definition) is 4. The first-order valence-electron chi connectivity index (χ1n) is 5.89. The summed E-state index contributed by atoms with van der Waals surface area (Å²) in [5.74, 6) is -5.30. The Bertz CT molecular complexity index is 661. The van der Waals surface area contributed by atoms with Crippen LogP contribution in [-0.2, 0) is 6.54 Å². The van der Waals surface area contributed by atoms with E-state index in [0.717, 1.165) is 4.68 Å². The van der Waals surface area contributed by atoms with Crippen LogP contribution >= 0.6 is 0 Å². The van der Waals surface area contributed by atoms with Crippen LogP contribution in [0.4, 0.5) is 22.0 Å². The Labute approximate surface area is 120 Å². The highest BCUT2D eigenvalue weighted by Crippen LogP contribution is 2.38. The molecule has 0 saturated heterocycles. The molecule has 0 unspecified atom stereocenters. The quantitative estimate of drug-likeness (QED) is 0.502. The zero-order valence-electron chi connectivity index (χ0n) is 10.9. The molecule has 0 aliphatic carbocycles. The zero-order chi connectivity index (χ0) is 16.5. The summed E-state index contributed by atoms with van der Waals surface area (Å²) in [4.78, 5) is 0. The van der Waals surface area contributed by atoms with Crippen LogP contribution in [0.3, 0.4) is 0 Å². The Morgan fingerprint density at radius 2 is 2.00 bits per heavy atom. The van der Waals surface area contributed by atoms with Crippen LogP contribution in [0.2, 0.25) is 0 Å². The van der Waals surface area contributed by atoms with Crippen LogP contribution in [0.25, 0.3) is 11.4 Å². The summed E-state index contributed by atoms with van der Waals surface area (Å²) in [6, 6.07) is 2.63. The number of nitrogens with two attached hydrogens (primary N) is 1. The highest BCUT2D eigenvalue weighted by Gasteiger charge is 2.56. The summed E-state index contributed by atoms with van der Waals surface area (Å²) in [5.41, 5.74) is 5.47. The number of halogens is 5. The van der Waals surface area contributed by atoms with Crippen molar-refractivity contribution in [3.63, 3.8) is 0 Å². The molecule has 0 aliphatic rings. The Balaban J connectivity index is 2.29. The van der Waals surface area contributed by atoms with E-state index in [1.165, 1.54) is 18.4 Å². The lowest BCUT2D eigenvalue weighted by Crippen LogP contribution is -2.37. The van der Waals surface area contributed by atoms with E-state index in [1.807, 2.05) is 0 Å². The Morgan fingerprint density at radius 3 is 2.50 bits per heavy atom. The molecular weight excluding hydrogens is 313 g/mol. The fourth-order valence-corrected chi connectivity index (χ4v) is 1.66. The third-order valence-corrected chi connectivity index (χ3v) is 2.81. The van der Waals surface area contributed by atoms with Crippen LogP contribution in [0.15, 0.2) is 22.9 Å². The van der Waals surface area contributed by atoms with Gasteiger partial charge < -0.3 is 10.3 Å². The van der Waals surface area contributed by atoms with Gasteiger partial charge in [0.25, 0.3) is 0 Å². The molecule has 0 bridgehead atoms. The molecule has 0 saturated carbocycles. The molecule has 0 spiro atoms. The maximum Gasteiger partial charge on any atom is 0.453 e. The van der Waals surface area contributed by atoms with Crippen molar-refractivity contribution in [1.82, 2.24) is 14.9 Å². The number of alkyl halides is 5. The number of amidine groups is 1. The van der Waals surface area contributed by atoms with Crippen molar-refractivity contribution in [3.05, 3.63) is 24.1 Å². The monoisotopic (exact) mass is 323 g/mol. The first kappa shape index (κ1) is 15.9. The van der Waals surface area contributed by atoms with Crippen LogP contribution < -0.4 is 5.73 Å². The molecule has 120 valence electrons. The second-order valence-electron chi connectivity index (χ2n) is 4.39. The molecule has 11 heteroatoms. The Hall–Kier alpha value is -2.46. The maximum absolute atomic E-state index is 13.0. The topological polar surface area (TPSA) is 93.7 Å². The molecule has 22 heavy (non-hydrogen) atoms. The van der Waals surface area contributed by atoms with E-state index in [4.69, 9.17) is 11.1 Å². The molecule has 6 nitrogen and oxygen atoms in total. The average molecular weight is 323 g/mol. The lowest BCUT2D eigenvalue weighted by molar-refractivity contribution is -0.285. The van der Waals surface area contributed by atoms with Gasteiger partial charge in [-0.2, -0.15) is 27.1 Å².